The molecule has 1 atom stereocenters. The lowest BCUT2D eigenvalue weighted by Gasteiger charge is -2.31. The molecule has 0 bridgehead atoms. The minimum absolute atomic E-state index is 0.00112. The lowest BCUT2D eigenvalue weighted by Crippen LogP contribution is -2.49. The van der Waals surface area contributed by atoms with E-state index < -0.39 is 5.60 Å². The van der Waals surface area contributed by atoms with E-state index in [0.717, 1.165) is 6.42 Å². The Morgan fingerprint density at radius 2 is 1.84 bits per heavy atom. The highest BCUT2D eigenvalue weighted by Gasteiger charge is 2.49. The second-order valence-corrected chi connectivity index (χ2v) is 7.34. The summed E-state index contributed by atoms with van der Waals surface area (Å²) in [5, 5.41) is 0. The maximum absolute atomic E-state index is 13.1. The zero-order valence-electron chi connectivity index (χ0n) is 14.7. The summed E-state index contributed by atoms with van der Waals surface area (Å²) in [4.78, 5) is 14.9. The van der Waals surface area contributed by atoms with Crippen molar-refractivity contribution in [3.63, 3.8) is 0 Å². The first-order chi connectivity index (χ1) is 12.0. The van der Waals surface area contributed by atoms with Crippen LogP contribution in [0, 0.1) is 0 Å². The Balaban J connectivity index is 1.51. The van der Waals surface area contributed by atoms with Gasteiger partial charge >= 0.3 is 0 Å². The molecule has 2 aliphatic rings. The average Bonchev–Trinajstić information content (AvgIpc) is 3.21. The first-order valence-electron chi connectivity index (χ1n) is 8.76. The standard InChI is InChI=1S/C21H23NO3/c1-20(2,25-17-9-4-3-5-10-17)19(23)22-13-12-21(15-22)18-11-7-6-8-16(18)14-24-21/h3-11H,12-15H2,1-2H3/t21-/m0/s1. The molecular formula is C21H23NO3. The van der Waals surface area contributed by atoms with Gasteiger partial charge in [0.25, 0.3) is 5.91 Å². The first kappa shape index (κ1) is 16.2. The number of benzene rings is 2. The van der Waals surface area contributed by atoms with Crippen LogP contribution in [0.25, 0.3) is 0 Å². The molecule has 2 aromatic carbocycles. The van der Waals surface area contributed by atoms with Gasteiger partial charge in [-0.1, -0.05) is 42.5 Å². The van der Waals surface area contributed by atoms with Crippen molar-refractivity contribution < 1.29 is 14.3 Å². The van der Waals surface area contributed by atoms with E-state index >= 15 is 0 Å². The van der Waals surface area contributed by atoms with Crippen molar-refractivity contribution in [3.05, 3.63) is 65.7 Å². The Morgan fingerprint density at radius 1 is 1.12 bits per heavy atom. The summed E-state index contributed by atoms with van der Waals surface area (Å²) in [5.41, 5.74) is 1.20. The molecule has 2 aromatic rings. The minimum Gasteiger partial charge on any atom is -0.478 e. The summed E-state index contributed by atoms with van der Waals surface area (Å²) in [6, 6.07) is 17.8. The number of likely N-dealkylation sites (tertiary alicyclic amines) is 1. The Bertz CT molecular complexity index is 787. The van der Waals surface area contributed by atoms with Gasteiger partial charge in [-0.3, -0.25) is 4.79 Å². The molecule has 1 spiro atoms. The number of hydrogen-bond acceptors (Lipinski definition) is 3. The van der Waals surface area contributed by atoms with Gasteiger partial charge in [0, 0.05) is 6.54 Å². The molecule has 0 unspecified atom stereocenters. The zero-order chi connectivity index (χ0) is 17.5. The Morgan fingerprint density at radius 3 is 2.64 bits per heavy atom. The van der Waals surface area contributed by atoms with Crippen molar-refractivity contribution in [1.82, 2.24) is 4.90 Å². The Kier molecular flexibility index (Phi) is 3.80. The predicted molar refractivity (Wildman–Crippen MR) is 95.3 cm³/mol. The van der Waals surface area contributed by atoms with Crippen molar-refractivity contribution in [1.29, 1.82) is 0 Å². The Labute approximate surface area is 148 Å². The summed E-state index contributed by atoms with van der Waals surface area (Å²) < 4.78 is 12.1. The second-order valence-electron chi connectivity index (χ2n) is 7.34. The molecule has 130 valence electrons. The number of carbonyl (C=O) groups is 1. The molecular weight excluding hydrogens is 314 g/mol. The fourth-order valence-electron chi connectivity index (χ4n) is 3.88. The third-order valence-electron chi connectivity index (χ3n) is 5.16. The van der Waals surface area contributed by atoms with Crippen LogP contribution in [0.5, 0.6) is 5.75 Å². The molecule has 2 aliphatic heterocycles. The lowest BCUT2D eigenvalue weighted by molar-refractivity contribution is -0.145. The molecule has 25 heavy (non-hydrogen) atoms. The molecule has 0 N–H and O–H groups in total. The number of amides is 1. The Hall–Kier alpha value is -2.33. The largest absolute Gasteiger partial charge is 0.478 e. The van der Waals surface area contributed by atoms with E-state index in [1.807, 2.05) is 61.2 Å². The second kappa shape index (κ2) is 5.88. The van der Waals surface area contributed by atoms with Crippen LogP contribution in [-0.2, 0) is 21.7 Å². The number of fused-ring (bicyclic) bond motifs is 2. The van der Waals surface area contributed by atoms with Crippen LogP contribution in [0.15, 0.2) is 54.6 Å². The van der Waals surface area contributed by atoms with Crippen molar-refractivity contribution in [2.24, 2.45) is 0 Å². The van der Waals surface area contributed by atoms with Gasteiger partial charge in [0.1, 0.15) is 11.4 Å². The van der Waals surface area contributed by atoms with Crippen LogP contribution in [0.2, 0.25) is 0 Å². The quantitative estimate of drug-likeness (QED) is 0.860. The van der Waals surface area contributed by atoms with Crippen molar-refractivity contribution in [2.75, 3.05) is 13.1 Å². The highest BCUT2D eigenvalue weighted by atomic mass is 16.5. The number of carbonyl (C=O) groups excluding carboxylic acids is 1. The van der Waals surface area contributed by atoms with Crippen LogP contribution in [0.4, 0.5) is 0 Å². The van der Waals surface area contributed by atoms with E-state index in [1.165, 1.54) is 11.1 Å². The van der Waals surface area contributed by atoms with Crippen LogP contribution >= 0.6 is 0 Å². The molecule has 2 heterocycles. The van der Waals surface area contributed by atoms with Gasteiger partial charge in [-0.25, -0.2) is 0 Å². The third kappa shape index (κ3) is 2.81. The normalized spacial score (nSPS) is 22.2. The van der Waals surface area contributed by atoms with E-state index in [9.17, 15) is 4.79 Å². The average molecular weight is 337 g/mol. The molecule has 1 amide bonds. The lowest BCUT2D eigenvalue weighted by atomic mass is 9.92. The number of ether oxygens (including phenoxy) is 2. The molecule has 0 aliphatic carbocycles. The maximum atomic E-state index is 13.1. The molecule has 0 saturated carbocycles. The van der Waals surface area contributed by atoms with Gasteiger partial charge in [-0.2, -0.15) is 0 Å². The summed E-state index contributed by atoms with van der Waals surface area (Å²) in [6.45, 7) is 5.56. The fourth-order valence-corrected chi connectivity index (χ4v) is 3.88. The van der Waals surface area contributed by atoms with Crippen molar-refractivity contribution in [2.45, 2.75) is 38.1 Å². The fraction of sp³-hybridized carbons (Fsp3) is 0.381. The van der Waals surface area contributed by atoms with Crippen LogP contribution < -0.4 is 4.74 Å². The SMILES string of the molecule is CC(C)(Oc1ccccc1)C(=O)N1CC[C@@]2(C1)OCc1ccccc12. The molecule has 1 fully saturated rings. The number of nitrogens with zero attached hydrogens (tertiary/aromatic N) is 1. The van der Waals surface area contributed by atoms with Crippen LogP contribution in [-0.4, -0.2) is 29.5 Å². The molecule has 0 radical (unpaired) electrons. The minimum atomic E-state index is -0.912. The smallest absolute Gasteiger partial charge is 0.266 e. The number of rotatable bonds is 3. The number of para-hydroxylation sites is 1. The predicted octanol–water partition coefficient (Wildman–Crippen LogP) is 3.50. The van der Waals surface area contributed by atoms with Gasteiger partial charge in [0.05, 0.1) is 13.2 Å². The maximum Gasteiger partial charge on any atom is 0.266 e. The van der Waals surface area contributed by atoms with Gasteiger partial charge in [-0.05, 0) is 43.5 Å². The summed E-state index contributed by atoms with van der Waals surface area (Å²) >= 11 is 0. The van der Waals surface area contributed by atoms with Crippen LogP contribution in [0.1, 0.15) is 31.4 Å². The summed E-state index contributed by atoms with van der Waals surface area (Å²) in [6.07, 6.45) is 0.831. The molecule has 4 rings (SSSR count). The van der Waals surface area contributed by atoms with E-state index in [0.29, 0.717) is 25.4 Å². The third-order valence-corrected chi connectivity index (χ3v) is 5.16. The molecule has 0 aromatic heterocycles. The van der Waals surface area contributed by atoms with Crippen LogP contribution in [0.3, 0.4) is 0 Å². The topological polar surface area (TPSA) is 38.8 Å². The molecule has 4 heteroatoms. The monoisotopic (exact) mass is 337 g/mol. The molecule has 4 nitrogen and oxygen atoms in total. The highest BCUT2D eigenvalue weighted by molar-refractivity contribution is 5.85. The van der Waals surface area contributed by atoms with E-state index in [2.05, 4.69) is 12.1 Å². The van der Waals surface area contributed by atoms with E-state index in [-0.39, 0.29) is 11.5 Å². The van der Waals surface area contributed by atoms with E-state index in [1.54, 1.807) is 0 Å². The van der Waals surface area contributed by atoms with Gasteiger partial charge in [0.2, 0.25) is 0 Å². The van der Waals surface area contributed by atoms with Gasteiger partial charge < -0.3 is 14.4 Å². The van der Waals surface area contributed by atoms with Gasteiger partial charge in [0.15, 0.2) is 5.60 Å². The number of hydrogen-bond donors (Lipinski definition) is 0. The summed E-state index contributed by atoms with van der Waals surface area (Å²) in [7, 11) is 0. The van der Waals surface area contributed by atoms with E-state index in [4.69, 9.17) is 9.47 Å². The summed E-state index contributed by atoms with van der Waals surface area (Å²) in [5.74, 6) is 0.707. The highest BCUT2D eigenvalue weighted by Crippen LogP contribution is 2.43. The van der Waals surface area contributed by atoms with Crippen molar-refractivity contribution >= 4 is 5.91 Å². The van der Waals surface area contributed by atoms with Crippen molar-refractivity contribution in [3.8, 4) is 5.75 Å². The zero-order valence-corrected chi connectivity index (χ0v) is 14.7. The molecule has 1 saturated heterocycles. The first-order valence-corrected chi connectivity index (χ1v) is 8.76. The van der Waals surface area contributed by atoms with Gasteiger partial charge in [-0.15, -0.1) is 0 Å².